The van der Waals surface area contributed by atoms with Crippen LogP contribution in [0.5, 0.6) is 0 Å². The Morgan fingerprint density at radius 2 is 2.05 bits per heavy atom. The fourth-order valence-corrected chi connectivity index (χ4v) is 2.37. The van der Waals surface area contributed by atoms with Crippen LogP contribution < -0.4 is 5.32 Å². The van der Waals surface area contributed by atoms with Crippen LogP contribution in [0.1, 0.15) is 18.5 Å². The lowest BCUT2D eigenvalue weighted by molar-refractivity contribution is -0.144. The van der Waals surface area contributed by atoms with Crippen molar-refractivity contribution in [2.75, 3.05) is 25.1 Å². The van der Waals surface area contributed by atoms with Gasteiger partial charge in [0.2, 0.25) is 0 Å². The summed E-state index contributed by atoms with van der Waals surface area (Å²) in [6.45, 7) is 1.13. The maximum Gasteiger partial charge on any atom is 0.435 e. The number of alkyl halides is 3. The van der Waals surface area contributed by atoms with Gasteiger partial charge in [-0.15, -0.1) is 10.2 Å². The summed E-state index contributed by atoms with van der Waals surface area (Å²) >= 11 is 0. The van der Waals surface area contributed by atoms with E-state index in [2.05, 4.69) is 15.5 Å². The Balaban J connectivity index is 1.95. The van der Waals surface area contributed by atoms with Crippen LogP contribution in [-0.4, -0.2) is 41.0 Å². The molecular weight excluding hydrogens is 303 g/mol. The number of carbonyl (C=O) groups is 1. The lowest BCUT2D eigenvalue weighted by Crippen LogP contribution is -2.34. The molecule has 22 heavy (non-hydrogen) atoms. The molecular formula is C13H16F3N3O3. The standard InChI is InChI=1S/C13H16F3N3O3/c14-13(15,16)10-1-2-11(19-18-10)17-7-9(12(20)21)8-3-5-22-6-4-8/h1-2,8-9H,3-7H2,(H,17,19)(H,20,21). The third-order valence-corrected chi connectivity index (χ3v) is 3.61. The first-order valence-electron chi connectivity index (χ1n) is 6.83. The summed E-state index contributed by atoms with van der Waals surface area (Å²) in [5.74, 6) is -1.50. The minimum atomic E-state index is -4.54. The second-order valence-corrected chi connectivity index (χ2v) is 5.08. The summed E-state index contributed by atoms with van der Waals surface area (Å²) in [7, 11) is 0. The summed E-state index contributed by atoms with van der Waals surface area (Å²) in [6, 6.07) is 1.94. The fraction of sp³-hybridized carbons (Fsp3) is 0.615. The zero-order chi connectivity index (χ0) is 16.2. The molecule has 1 aliphatic rings. The first kappa shape index (κ1) is 16.5. The molecule has 9 heteroatoms. The monoisotopic (exact) mass is 319 g/mol. The van der Waals surface area contributed by atoms with Crippen LogP contribution in [0, 0.1) is 11.8 Å². The first-order chi connectivity index (χ1) is 10.4. The molecule has 1 aliphatic heterocycles. The predicted octanol–water partition coefficient (Wildman–Crippen LogP) is 2.03. The molecule has 2 rings (SSSR count). The molecule has 0 amide bonds. The number of halogens is 3. The van der Waals surface area contributed by atoms with Crippen molar-refractivity contribution in [2.24, 2.45) is 11.8 Å². The van der Waals surface area contributed by atoms with Crippen molar-refractivity contribution >= 4 is 11.8 Å². The van der Waals surface area contributed by atoms with Crippen molar-refractivity contribution in [3.8, 4) is 0 Å². The molecule has 0 radical (unpaired) electrons. The Morgan fingerprint density at radius 3 is 2.55 bits per heavy atom. The lowest BCUT2D eigenvalue weighted by Gasteiger charge is -2.27. The van der Waals surface area contributed by atoms with Crippen LogP contribution in [0.25, 0.3) is 0 Å². The number of rotatable bonds is 5. The molecule has 0 saturated carbocycles. The van der Waals surface area contributed by atoms with Crippen LogP contribution >= 0.6 is 0 Å². The van der Waals surface area contributed by atoms with Gasteiger partial charge in [-0.05, 0) is 30.9 Å². The van der Waals surface area contributed by atoms with Crippen LogP contribution in [0.2, 0.25) is 0 Å². The van der Waals surface area contributed by atoms with Crippen LogP contribution in [0.3, 0.4) is 0 Å². The minimum Gasteiger partial charge on any atom is -0.481 e. The van der Waals surface area contributed by atoms with E-state index in [9.17, 15) is 23.1 Å². The maximum absolute atomic E-state index is 12.4. The zero-order valence-electron chi connectivity index (χ0n) is 11.6. The number of hydrogen-bond donors (Lipinski definition) is 2. The molecule has 122 valence electrons. The van der Waals surface area contributed by atoms with Crippen LogP contribution in [0.4, 0.5) is 19.0 Å². The Labute approximate surface area is 124 Å². The molecule has 1 saturated heterocycles. The van der Waals surface area contributed by atoms with Gasteiger partial charge in [0.25, 0.3) is 0 Å². The number of anilines is 1. The lowest BCUT2D eigenvalue weighted by atomic mass is 9.86. The van der Waals surface area contributed by atoms with E-state index in [1.165, 1.54) is 0 Å². The predicted molar refractivity (Wildman–Crippen MR) is 70.2 cm³/mol. The molecule has 1 unspecified atom stereocenters. The number of aromatic nitrogens is 2. The van der Waals surface area contributed by atoms with E-state index in [1.807, 2.05) is 0 Å². The second-order valence-electron chi connectivity index (χ2n) is 5.08. The Kier molecular flexibility index (Phi) is 5.17. The van der Waals surface area contributed by atoms with Crippen molar-refractivity contribution in [1.82, 2.24) is 10.2 Å². The zero-order valence-corrected chi connectivity index (χ0v) is 11.6. The van der Waals surface area contributed by atoms with Gasteiger partial charge in [-0.2, -0.15) is 13.2 Å². The van der Waals surface area contributed by atoms with Crippen molar-refractivity contribution < 1.29 is 27.8 Å². The van der Waals surface area contributed by atoms with Gasteiger partial charge in [-0.25, -0.2) is 0 Å². The van der Waals surface area contributed by atoms with Gasteiger partial charge in [0.1, 0.15) is 5.82 Å². The number of carboxylic acids is 1. The summed E-state index contributed by atoms with van der Waals surface area (Å²) in [4.78, 5) is 11.3. The van der Waals surface area contributed by atoms with E-state index in [0.29, 0.717) is 26.1 Å². The largest absolute Gasteiger partial charge is 0.481 e. The first-order valence-corrected chi connectivity index (χ1v) is 6.83. The number of carboxylic acid groups (broad SMARTS) is 1. The van der Waals surface area contributed by atoms with Gasteiger partial charge in [0, 0.05) is 19.8 Å². The molecule has 2 N–H and O–H groups in total. The highest BCUT2D eigenvalue weighted by atomic mass is 19.4. The quantitative estimate of drug-likeness (QED) is 0.864. The van der Waals surface area contributed by atoms with Gasteiger partial charge < -0.3 is 15.2 Å². The number of hydrogen-bond acceptors (Lipinski definition) is 5. The summed E-state index contributed by atoms with van der Waals surface area (Å²) in [5.41, 5.74) is -1.09. The minimum absolute atomic E-state index is 0.0267. The smallest absolute Gasteiger partial charge is 0.435 e. The molecule has 1 atom stereocenters. The third kappa shape index (κ3) is 4.30. The Morgan fingerprint density at radius 1 is 1.36 bits per heavy atom. The number of ether oxygens (including phenoxy) is 1. The van der Waals surface area contributed by atoms with Gasteiger partial charge in [0.15, 0.2) is 5.69 Å². The fourth-order valence-electron chi connectivity index (χ4n) is 2.37. The topological polar surface area (TPSA) is 84.3 Å². The second kappa shape index (κ2) is 6.91. The molecule has 0 bridgehead atoms. The van der Waals surface area contributed by atoms with Gasteiger partial charge in [0.05, 0.1) is 5.92 Å². The van der Waals surface area contributed by atoms with E-state index in [4.69, 9.17) is 4.74 Å². The van der Waals surface area contributed by atoms with Crippen molar-refractivity contribution in [3.05, 3.63) is 17.8 Å². The highest BCUT2D eigenvalue weighted by molar-refractivity contribution is 5.71. The average molecular weight is 319 g/mol. The number of aliphatic carboxylic acids is 1. The third-order valence-electron chi connectivity index (χ3n) is 3.61. The van der Waals surface area contributed by atoms with Crippen LogP contribution in [-0.2, 0) is 15.7 Å². The van der Waals surface area contributed by atoms with Crippen LogP contribution in [0.15, 0.2) is 12.1 Å². The number of nitrogens with zero attached hydrogens (tertiary/aromatic N) is 2. The molecule has 1 aromatic rings. The van der Waals surface area contributed by atoms with E-state index >= 15 is 0 Å². The highest BCUT2D eigenvalue weighted by Gasteiger charge is 2.33. The molecule has 0 aromatic carbocycles. The Hall–Kier alpha value is -1.90. The van der Waals surface area contributed by atoms with Crippen molar-refractivity contribution in [1.29, 1.82) is 0 Å². The highest BCUT2D eigenvalue weighted by Crippen LogP contribution is 2.27. The maximum atomic E-state index is 12.4. The van der Waals surface area contributed by atoms with E-state index < -0.39 is 23.8 Å². The molecule has 1 aromatic heterocycles. The summed E-state index contributed by atoms with van der Waals surface area (Å²) in [5, 5.41) is 18.5. The molecule has 6 nitrogen and oxygen atoms in total. The van der Waals surface area contributed by atoms with Gasteiger partial charge >= 0.3 is 12.1 Å². The van der Waals surface area contributed by atoms with Crippen molar-refractivity contribution in [2.45, 2.75) is 19.0 Å². The normalized spacial score (nSPS) is 18.0. The van der Waals surface area contributed by atoms with Gasteiger partial charge in [-0.1, -0.05) is 0 Å². The SMILES string of the molecule is O=C(O)C(CNc1ccc(C(F)(F)F)nn1)C1CCOCC1. The molecule has 0 spiro atoms. The molecule has 2 heterocycles. The Bertz CT molecular complexity index is 501. The number of nitrogens with one attached hydrogen (secondary N) is 1. The van der Waals surface area contributed by atoms with E-state index in [1.54, 1.807) is 0 Å². The van der Waals surface area contributed by atoms with Gasteiger partial charge in [-0.3, -0.25) is 4.79 Å². The average Bonchev–Trinajstić information content (AvgIpc) is 2.48. The summed E-state index contributed by atoms with van der Waals surface area (Å²) in [6.07, 6.45) is -3.24. The van der Waals surface area contributed by atoms with E-state index in [0.717, 1.165) is 12.1 Å². The molecule has 0 aliphatic carbocycles. The van der Waals surface area contributed by atoms with E-state index in [-0.39, 0.29) is 18.3 Å². The van der Waals surface area contributed by atoms with Crippen molar-refractivity contribution in [3.63, 3.8) is 0 Å². The summed E-state index contributed by atoms with van der Waals surface area (Å²) < 4.78 is 42.3. The molecule has 1 fully saturated rings.